The molecule has 5 nitrogen and oxygen atoms in total. The Bertz CT molecular complexity index is 490. The van der Waals surface area contributed by atoms with Crippen LogP contribution in [0.1, 0.15) is 18.9 Å². The molecule has 0 aromatic heterocycles. The van der Waals surface area contributed by atoms with Crippen molar-refractivity contribution in [2.75, 3.05) is 12.3 Å². The number of carbonyl (C=O) groups excluding carboxylic acids is 2. The van der Waals surface area contributed by atoms with Gasteiger partial charge in [-0.15, -0.1) is 0 Å². The van der Waals surface area contributed by atoms with E-state index in [1.807, 2.05) is 30.3 Å². The number of carboxylic acids is 1. The van der Waals surface area contributed by atoms with Gasteiger partial charge >= 0.3 is 5.97 Å². The summed E-state index contributed by atoms with van der Waals surface area (Å²) in [5, 5.41) is 11.0. The maximum absolute atomic E-state index is 12.1. The quantitative estimate of drug-likeness (QED) is 0.764. The molecule has 1 aromatic carbocycles. The number of hydrogen-bond donors (Lipinski definition) is 2. The molecule has 2 N–H and O–H groups in total. The molecule has 6 heteroatoms. The number of thioether (sulfide) groups is 1. The van der Waals surface area contributed by atoms with Crippen LogP contribution in [0.2, 0.25) is 0 Å². The van der Waals surface area contributed by atoms with Crippen LogP contribution in [0.3, 0.4) is 0 Å². The Kier molecular flexibility index (Phi) is 7.53. The van der Waals surface area contributed by atoms with Gasteiger partial charge in [0, 0.05) is 12.2 Å². The van der Waals surface area contributed by atoms with Crippen molar-refractivity contribution in [2.45, 2.75) is 19.8 Å². The van der Waals surface area contributed by atoms with Crippen molar-refractivity contribution in [1.29, 1.82) is 0 Å². The Morgan fingerprint density at radius 1 is 1.24 bits per heavy atom. The van der Waals surface area contributed by atoms with Gasteiger partial charge in [-0.25, -0.2) is 0 Å². The first-order valence-corrected chi connectivity index (χ1v) is 7.70. The third kappa shape index (κ3) is 6.94. The highest BCUT2D eigenvalue weighted by Crippen LogP contribution is 2.16. The lowest BCUT2D eigenvalue weighted by Crippen LogP contribution is -2.36. The first-order chi connectivity index (χ1) is 10.0. The molecule has 114 valence electrons. The van der Waals surface area contributed by atoms with E-state index in [4.69, 9.17) is 5.11 Å². The average molecular weight is 309 g/mol. The fourth-order valence-corrected chi connectivity index (χ4v) is 2.59. The summed E-state index contributed by atoms with van der Waals surface area (Å²) in [5.74, 6) is -1.49. The van der Waals surface area contributed by atoms with Gasteiger partial charge in [0.2, 0.25) is 5.91 Å². The second-order valence-electron chi connectivity index (χ2n) is 4.53. The maximum Gasteiger partial charge on any atom is 0.322 e. The van der Waals surface area contributed by atoms with Gasteiger partial charge in [-0.05, 0) is 12.0 Å². The van der Waals surface area contributed by atoms with E-state index in [2.05, 4.69) is 5.32 Å². The second kappa shape index (κ2) is 9.18. The highest BCUT2D eigenvalue weighted by molar-refractivity contribution is 8.13. The SMILES string of the molecule is CCC(=O)SC[C@H](Cc1ccccc1)C(=O)NCC(=O)O. The van der Waals surface area contributed by atoms with E-state index in [0.29, 0.717) is 18.6 Å². The zero-order valence-electron chi connectivity index (χ0n) is 11.9. The van der Waals surface area contributed by atoms with Crippen LogP contribution in [0.25, 0.3) is 0 Å². The number of benzene rings is 1. The van der Waals surface area contributed by atoms with E-state index in [1.165, 1.54) is 0 Å². The Morgan fingerprint density at radius 2 is 1.90 bits per heavy atom. The molecule has 21 heavy (non-hydrogen) atoms. The lowest BCUT2D eigenvalue weighted by molar-refractivity contribution is -0.138. The largest absolute Gasteiger partial charge is 0.480 e. The van der Waals surface area contributed by atoms with Gasteiger partial charge in [-0.3, -0.25) is 14.4 Å². The van der Waals surface area contributed by atoms with Crippen LogP contribution >= 0.6 is 11.8 Å². The van der Waals surface area contributed by atoms with Crippen molar-refractivity contribution in [2.24, 2.45) is 5.92 Å². The third-order valence-corrected chi connectivity index (χ3v) is 4.02. The standard InChI is InChI=1S/C15H19NO4S/c1-2-14(19)21-10-12(15(20)16-9-13(17)18)8-11-6-4-3-5-7-11/h3-7,12H,2,8-10H2,1H3,(H,16,20)(H,17,18)/t12-/m0/s1. The molecule has 0 aliphatic heterocycles. The van der Waals surface area contributed by atoms with Crippen LogP contribution in [-0.4, -0.2) is 34.4 Å². The highest BCUT2D eigenvalue weighted by Gasteiger charge is 2.20. The van der Waals surface area contributed by atoms with E-state index in [1.54, 1.807) is 6.92 Å². The average Bonchev–Trinajstić information content (AvgIpc) is 2.49. The van der Waals surface area contributed by atoms with Crippen molar-refractivity contribution < 1.29 is 19.5 Å². The monoisotopic (exact) mass is 309 g/mol. The molecule has 0 fully saturated rings. The lowest BCUT2D eigenvalue weighted by atomic mass is 10.0. The van der Waals surface area contributed by atoms with Crippen LogP contribution in [0.15, 0.2) is 30.3 Å². The molecule has 0 aliphatic carbocycles. The lowest BCUT2D eigenvalue weighted by Gasteiger charge is -2.15. The molecule has 0 bridgehead atoms. The molecule has 1 rings (SSSR count). The van der Waals surface area contributed by atoms with Gasteiger partial charge in [-0.1, -0.05) is 49.0 Å². The predicted molar refractivity (Wildman–Crippen MR) is 82.0 cm³/mol. The van der Waals surface area contributed by atoms with Crippen LogP contribution in [-0.2, 0) is 20.8 Å². The van der Waals surface area contributed by atoms with Crippen LogP contribution in [0.5, 0.6) is 0 Å². The van der Waals surface area contributed by atoms with Crippen molar-refractivity contribution in [3.63, 3.8) is 0 Å². The summed E-state index contributed by atoms with van der Waals surface area (Å²) in [7, 11) is 0. The van der Waals surface area contributed by atoms with E-state index in [0.717, 1.165) is 17.3 Å². The van der Waals surface area contributed by atoms with Gasteiger partial charge in [-0.2, -0.15) is 0 Å². The molecule has 0 saturated carbocycles. The first-order valence-electron chi connectivity index (χ1n) is 6.72. The Balaban J connectivity index is 2.66. The predicted octanol–water partition coefficient (Wildman–Crippen LogP) is 1.72. The second-order valence-corrected chi connectivity index (χ2v) is 5.61. The normalized spacial score (nSPS) is 11.7. The molecule has 0 saturated heterocycles. The van der Waals surface area contributed by atoms with Gasteiger partial charge < -0.3 is 10.4 Å². The Hall–Kier alpha value is -1.82. The smallest absolute Gasteiger partial charge is 0.322 e. The molecular weight excluding hydrogens is 290 g/mol. The summed E-state index contributed by atoms with van der Waals surface area (Å²) < 4.78 is 0. The molecule has 0 heterocycles. The van der Waals surface area contributed by atoms with Gasteiger partial charge in [0.05, 0.1) is 5.92 Å². The number of hydrogen-bond acceptors (Lipinski definition) is 4. The number of carbonyl (C=O) groups is 3. The van der Waals surface area contributed by atoms with Crippen LogP contribution in [0, 0.1) is 5.92 Å². The summed E-state index contributed by atoms with van der Waals surface area (Å²) >= 11 is 1.12. The number of aliphatic carboxylic acids is 1. The molecule has 0 unspecified atom stereocenters. The van der Waals surface area contributed by atoms with Crippen LogP contribution in [0.4, 0.5) is 0 Å². The summed E-state index contributed by atoms with van der Waals surface area (Å²) in [6, 6.07) is 9.46. The minimum Gasteiger partial charge on any atom is -0.480 e. The number of rotatable bonds is 8. The van der Waals surface area contributed by atoms with Crippen molar-refractivity contribution in [3.05, 3.63) is 35.9 Å². The number of amides is 1. The molecule has 0 aliphatic rings. The van der Waals surface area contributed by atoms with E-state index >= 15 is 0 Å². The fraction of sp³-hybridized carbons (Fsp3) is 0.400. The van der Waals surface area contributed by atoms with E-state index in [9.17, 15) is 14.4 Å². The summed E-state index contributed by atoms with van der Waals surface area (Å²) in [6.07, 6.45) is 0.899. The molecule has 1 amide bonds. The van der Waals surface area contributed by atoms with Crippen molar-refractivity contribution in [1.82, 2.24) is 5.32 Å². The zero-order valence-corrected chi connectivity index (χ0v) is 12.7. The molecule has 1 aromatic rings. The highest BCUT2D eigenvalue weighted by atomic mass is 32.2. The van der Waals surface area contributed by atoms with E-state index in [-0.39, 0.29) is 11.0 Å². The van der Waals surface area contributed by atoms with E-state index < -0.39 is 18.4 Å². The Morgan fingerprint density at radius 3 is 2.48 bits per heavy atom. The number of nitrogens with one attached hydrogen (secondary N) is 1. The summed E-state index contributed by atoms with van der Waals surface area (Å²) in [5.41, 5.74) is 0.984. The zero-order chi connectivity index (χ0) is 15.7. The molecule has 1 atom stereocenters. The van der Waals surface area contributed by atoms with Crippen LogP contribution < -0.4 is 5.32 Å². The molecule has 0 spiro atoms. The summed E-state index contributed by atoms with van der Waals surface area (Å²) in [4.78, 5) is 34.0. The Labute approximate surface area is 128 Å². The first kappa shape index (κ1) is 17.2. The topological polar surface area (TPSA) is 83.5 Å². The minimum atomic E-state index is -1.08. The van der Waals surface area contributed by atoms with Gasteiger partial charge in [0.15, 0.2) is 5.12 Å². The van der Waals surface area contributed by atoms with Crippen molar-refractivity contribution in [3.8, 4) is 0 Å². The summed E-state index contributed by atoms with van der Waals surface area (Å²) in [6.45, 7) is 1.36. The fourth-order valence-electron chi connectivity index (χ4n) is 1.73. The van der Waals surface area contributed by atoms with Gasteiger partial charge in [0.1, 0.15) is 6.54 Å². The third-order valence-electron chi connectivity index (χ3n) is 2.84. The van der Waals surface area contributed by atoms with Gasteiger partial charge in [0.25, 0.3) is 0 Å². The molecular formula is C15H19NO4S. The maximum atomic E-state index is 12.1. The number of carboxylic acid groups (broad SMARTS) is 1. The van der Waals surface area contributed by atoms with Crippen molar-refractivity contribution >= 4 is 28.8 Å². The molecule has 0 radical (unpaired) electrons. The minimum absolute atomic E-state index is 0.0269.